The van der Waals surface area contributed by atoms with Crippen LogP contribution in [0.25, 0.3) is 22.8 Å². The van der Waals surface area contributed by atoms with Crippen molar-refractivity contribution in [3.8, 4) is 28.8 Å². The van der Waals surface area contributed by atoms with E-state index in [9.17, 15) is 0 Å². The molecule has 0 fully saturated rings. The summed E-state index contributed by atoms with van der Waals surface area (Å²) in [5.74, 6) is 10.5. The molecule has 10 aromatic rings. The number of halogens is 2. The summed E-state index contributed by atoms with van der Waals surface area (Å²) in [6, 6.07) is 81.1. The van der Waals surface area contributed by atoms with Crippen LogP contribution in [0.15, 0.2) is 257 Å². The molecule has 1 aliphatic rings. The Bertz CT molecular complexity index is 3830. The first kappa shape index (κ1) is 63.3. The molecule has 0 bridgehead atoms. The molecule has 1 aromatic heterocycles. The van der Waals surface area contributed by atoms with Crippen LogP contribution in [-0.4, -0.2) is 47.9 Å². The minimum Gasteiger partial charge on any atom is -0.412 e. The highest BCUT2D eigenvalue weighted by Gasteiger charge is 2.16. The Balaban J connectivity index is 0.000000193. The highest BCUT2D eigenvalue weighted by atomic mass is 35.5. The average Bonchev–Trinajstić information content (AvgIpc) is 3.59. The Kier molecular flexibility index (Phi) is 25.5. The minimum atomic E-state index is 0. The highest BCUT2D eigenvalue weighted by Crippen LogP contribution is 2.24. The maximum atomic E-state index is 7.32. The van der Waals surface area contributed by atoms with Gasteiger partial charge >= 0.3 is 0 Å². The molecule has 0 saturated heterocycles. The fourth-order valence-corrected chi connectivity index (χ4v) is 9.02. The number of rotatable bonds is 13. The third-order valence-electron chi connectivity index (χ3n) is 12.6. The van der Waals surface area contributed by atoms with Gasteiger partial charge in [0.05, 0.1) is 6.07 Å². The fraction of sp³-hybridized carbons (Fsp3) is 0.103. The monoisotopic (exact) mass is 1150 g/mol. The van der Waals surface area contributed by atoms with E-state index in [0.29, 0.717) is 22.0 Å². The lowest BCUT2D eigenvalue weighted by Crippen LogP contribution is -2.35. The molecule has 0 amide bonds. The standard InChI is InChI=1S/C22H18Cl2N2.C22H20N4.C22H18N4.C2H3N.H4N2.H2O/c1-16-8-7-12-19(14-16)21(23)25-26-22(24)20-13-6-5-11-18(20)15-17-9-3-2-4-10-17;2*1-16-8-7-12-19(14-16)21-23-25-22(26-24-21)20-13-6-5-11-18(20)15-17-9-3-2-4-10-17;1-2-3;1-2;/h2-14H,15H2,1H3;2-14H,15H2,1H3,(H,23,24)(H,25,26);2-14H,15H2,1H3;1H3;1-2H2;1H2/b25-21-,26-22-;;;;;. The van der Waals surface area contributed by atoms with E-state index < -0.39 is 0 Å². The van der Waals surface area contributed by atoms with E-state index >= 15 is 0 Å². The molecule has 9 aromatic carbocycles. The van der Waals surface area contributed by atoms with E-state index in [1.807, 2.05) is 166 Å². The molecule has 11 rings (SSSR count). The lowest BCUT2D eigenvalue weighted by atomic mass is 9.99. The number of nitrogens with one attached hydrogen (secondary N) is 2. The van der Waals surface area contributed by atoms with Crippen molar-refractivity contribution < 1.29 is 5.48 Å². The van der Waals surface area contributed by atoms with Gasteiger partial charge in [-0.05, 0) is 91.6 Å². The Labute approximate surface area is 501 Å². The lowest BCUT2D eigenvalue weighted by molar-refractivity contribution is 0.824. The van der Waals surface area contributed by atoms with Gasteiger partial charge in [0, 0.05) is 40.3 Å². The average molecular weight is 1150 g/mol. The smallest absolute Gasteiger partial charge is 0.203 e. The molecule has 0 aliphatic carbocycles. The van der Waals surface area contributed by atoms with Crippen molar-refractivity contribution in [2.45, 2.75) is 47.0 Å². The van der Waals surface area contributed by atoms with Crippen LogP contribution in [0, 0.1) is 32.1 Å². The molecule has 0 spiro atoms. The number of benzene rings is 9. The largest absolute Gasteiger partial charge is 0.412 e. The molecule has 84 heavy (non-hydrogen) atoms. The predicted octanol–water partition coefficient (Wildman–Crippen LogP) is 13.0. The lowest BCUT2D eigenvalue weighted by Gasteiger charge is -2.17. The Morgan fingerprint density at radius 2 is 0.833 bits per heavy atom. The molecule has 1 aliphatic heterocycles. The van der Waals surface area contributed by atoms with Gasteiger partial charge in [0.2, 0.25) is 11.6 Å². The second-order valence-electron chi connectivity index (χ2n) is 18.8. The topological polar surface area (TPSA) is 232 Å². The van der Waals surface area contributed by atoms with E-state index in [-0.39, 0.29) is 5.48 Å². The molecule has 14 nitrogen and oxygen atoms in total. The van der Waals surface area contributed by atoms with Gasteiger partial charge in [0.15, 0.2) is 22.0 Å². The molecule has 0 unspecified atom stereocenters. The van der Waals surface area contributed by atoms with Crippen molar-refractivity contribution in [2.75, 3.05) is 0 Å². The second kappa shape index (κ2) is 33.8. The number of hydrogen-bond acceptors (Lipinski definition) is 13. The van der Waals surface area contributed by atoms with Gasteiger partial charge in [-0.2, -0.15) is 15.5 Å². The normalized spacial score (nSPS) is 11.4. The van der Waals surface area contributed by atoms with Gasteiger partial charge in [-0.3, -0.25) is 22.5 Å². The number of nitrogens with two attached hydrogens (primary N) is 2. The zero-order valence-electron chi connectivity index (χ0n) is 47.1. The highest BCUT2D eigenvalue weighted by molar-refractivity contribution is 6.71. The fourth-order valence-electron chi connectivity index (χ4n) is 8.64. The maximum Gasteiger partial charge on any atom is 0.203 e. The van der Waals surface area contributed by atoms with Crippen LogP contribution in [0.5, 0.6) is 0 Å². The number of aromatic nitrogens is 4. The number of hydrogen-bond donors (Lipinski definition) is 4. The number of nitrogens with zero attached hydrogens (tertiary/aromatic N) is 9. The molecule has 0 atom stereocenters. The van der Waals surface area contributed by atoms with Crippen LogP contribution in [0.3, 0.4) is 0 Å². The van der Waals surface area contributed by atoms with Crippen LogP contribution < -0.4 is 22.5 Å². The van der Waals surface area contributed by atoms with Gasteiger partial charge < -0.3 is 5.48 Å². The number of aryl methyl sites for hydroxylation is 3. The molecule has 0 saturated carbocycles. The Morgan fingerprint density at radius 1 is 0.440 bits per heavy atom. The third-order valence-corrected chi connectivity index (χ3v) is 13.1. The van der Waals surface area contributed by atoms with Crippen LogP contribution in [0.4, 0.5) is 0 Å². The van der Waals surface area contributed by atoms with Gasteiger partial charge in [-0.15, -0.1) is 30.6 Å². The summed E-state index contributed by atoms with van der Waals surface area (Å²) in [7, 11) is 0. The molecule has 8 N–H and O–H groups in total. The zero-order chi connectivity index (χ0) is 58.6. The van der Waals surface area contributed by atoms with Gasteiger partial charge in [-0.25, -0.2) is 0 Å². The van der Waals surface area contributed by atoms with Gasteiger partial charge in [0.1, 0.15) is 0 Å². The molecule has 422 valence electrons. The van der Waals surface area contributed by atoms with E-state index in [2.05, 4.69) is 155 Å². The van der Waals surface area contributed by atoms with Crippen molar-refractivity contribution in [3.63, 3.8) is 0 Å². The van der Waals surface area contributed by atoms with Gasteiger partial charge in [0.25, 0.3) is 0 Å². The summed E-state index contributed by atoms with van der Waals surface area (Å²) in [6.07, 6.45) is 2.45. The predicted molar refractivity (Wildman–Crippen MR) is 344 cm³/mol. The maximum absolute atomic E-state index is 7.32. The molecule has 16 heteroatoms. The van der Waals surface area contributed by atoms with E-state index in [1.165, 1.54) is 34.7 Å². The summed E-state index contributed by atoms with van der Waals surface area (Å²) >= 11 is 12.7. The van der Waals surface area contributed by atoms with E-state index in [1.54, 1.807) is 6.07 Å². The summed E-state index contributed by atoms with van der Waals surface area (Å²) in [5, 5.41) is 42.4. The first-order chi connectivity index (χ1) is 40.6. The minimum absolute atomic E-state index is 0. The first-order valence-electron chi connectivity index (χ1n) is 26.6. The molecular formula is C68H65Cl2N13O. The summed E-state index contributed by atoms with van der Waals surface area (Å²) < 4.78 is 0. The number of nitriles is 1. The van der Waals surface area contributed by atoms with E-state index in [0.717, 1.165) is 86.6 Å². The van der Waals surface area contributed by atoms with Crippen LogP contribution >= 0.6 is 23.2 Å². The van der Waals surface area contributed by atoms with Crippen molar-refractivity contribution in [2.24, 2.45) is 32.1 Å². The summed E-state index contributed by atoms with van der Waals surface area (Å²) in [4.78, 5) is 0. The van der Waals surface area contributed by atoms with Gasteiger partial charge in [-0.1, -0.05) is 258 Å². The SMILES string of the molecule is CC#N.Cc1cccc(-c2nnc(-c3ccccc3Cc3ccccc3)nn2)c1.Cc1cccc(/C(Cl)=N/N=C(\Cl)c2ccccc2Cc2ccccc2)c1.Cc1cccc(C2=NNC(c3ccccc3Cc3ccccc3)=NN2)c1.NN.O. The van der Waals surface area contributed by atoms with Crippen molar-refractivity contribution in [3.05, 3.63) is 309 Å². The molecule has 0 radical (unpaired) electrons. The Hall–Kier alpha value is -9.85. The van der Waals surface area contributed by atoms with Crippen molar-refractivity contribution in [1.82, 2.24) is 31.2 Å². The second-order valence-corrected chi connectivity index (χ2v) is 19.5. The molecular weight excluding hydrogens is 1090 g/mol. The van der Waals surface area contributed by atoms with Crippen molar-refractivity contribution >= 4 is 45.2 Å². The van der Waals surface area contributed by atoms with Crippen LogP contribution in [-0.2, 0) is 19.3 Å². The van der Waals surface area contributed by atoms with Crippen LogP contribution in [0.2, 0.25) is 0 Å². The molecule has 2 heterocycles. The Morgan fingerprint density at radius 3 is 1.36 bits per heavy atom. The number of amidine groups is 2. The summed E-state index contributed by atoms with van der Waals surface area (Å²) in [5.41, 5.74) is 22.5. The zero-order valence-corrected chi connectivity index (χ0v) is 48.6. The first-order valence-corrected chi connectivity index (χ1v) is 27.3. The summed E-state index contributed by atoms with van der Waals surface area (Å²) in [6.45, 7) is 7.54. The third kappa shape index (κ3) is 19.1. The van der Waals surface area contributed by atoms with E-state index in [4.69, 9.17) is 28.5 Å². The van der Waals surface area contributed by atoms with Crippen molar-refractivity contribution in [1.29, 1.82) is 5.26 Å². The van der Waals surface area contributed by atoms with Crippen LogP contribution in [0.1, 0.15) is 79.2 Å². The number of hydrazone groups is 2. The quantitative estimate of drug-likeness (QED) is 0.0488. The number of hydrazine groups is 1.